The highest BCUT2D eigenvalue weighted by molar-refractivity contribution is 8.14. The van der Waals surface area contributed by atoms with Gasteiger partial charge in [-0.1, -0.05) is 11.8 Å². The molecule has 0 aromatic carbocycles. The summed E-state index contributed by atoms with van der Waals surface area (Å²) in [5, 5.41) is 5.10. The van der Waals surface area contributed by atoms with Gasteiger partial charge in [0.05, 0.1) is 23.6 Å². The summed E-state index contributed by atoms with van der Waals surface area (Å²) in [6, 6.07) is 0. The van der Waals surface area contributed by atoms with Crippen molar-refractivity contribution in [2.75, 3.05) is 19.4 Å². The van der Waals surface area contributed by atoms with Crippen molar-refractivity contribution in [3.05, 3.63) is 22.5 Å². The molecular weight excluding hydrogens is 276 g/mol. The Bertz CT molecular complexity index is 589. The fourth-order valence-corrected chi connectivity index (χ4v) is 2.83. The summed E-state index contributed by atoms with van der Waals surface area (Å²) < 4.78 is 5.09. The van der Waals surface area contributed by atoms with Gasteiger partial charge in [0.1, 0.15) is 0 Å². The first-order chi connectivity index (χ1) is 9.58. The number of nitrogens with zero attached hydrogens (tertiary/aromatic N) is 2. The number of aryl methyl sites for hydroxylation is 1. The standard InChI is InChI=1S/C13H18N4O2S/c1-5-19-12(18)10-7(2)11(15-8(10)3)9-6-20-13(14-4)17-16-9/h15H,5-6H2,1-4H3,(H,14,17). The van der Waals surface area contributed by atoms with Crippen LogP contribution in [0.3, 0.4) is 0 Å². The van der Waals surface area contributed by atoms with Crippen molar-refractivity contribution in [1.82, 2.24) is 10.4 Å². The average Bonchev–Trinajstić information content (AvgIpc) is 2.74. The molecule has 1 aliphatic heterocycles. The first-order valence-corrected chi connectivity index (χ1v) is 7.35. The number of hydrazone groups is 1. The number of carbonyl (C=O) groups is 1. The summed E-state index contributed by atoms with van der Waals surface area (Å²) in [4.78, 5) is 19.2. The van der Waals surface area contributed by atoms with Crippen LogP contribution in [0.4, 0.5) is 0 Å². The molecule has 20 heavy (non-hydrogen) atoms. The first kappa shape index (κ1) is 14.6. The number of aromatic nitrogens is 1. The number of aliphatic imine (C=N–C) groups is 1. The summed E-state index contributed by atoms with van der Waals surface area (Å²) in [5.74, 6) is 0.417. The molecule has 0 bridgehead atoms. The van der Waals surface area contributed by atoms with E-state index in [-0.39, 0.29) is 5.97 Å². The van der Waals surface area contributed by atoms with E-state index in [2.05, 4.69) is 20.5 Å². The second-order valence-corrected chi connectivity index (χ2v) is 5.30. The van der Waals surface area contributed by atoms with Gasteiger partial charge in [0.15, 0.2) is 5.17 Å². The van der Waals surface area contributed by atoms with Crippen LogP contribution in [0.2, 0.25) is 0 Å². The SMILES string of the molecule is CCOC(=O)c1c(C)[nH]c(C2=NNC(=NC)SC2)c1C. The number of hydrogen-bond donors (Lipinski definition) is 2. The number of nitrogens with one attached hydrogen (secondary N) is 2. The summed E-state index contributed by atoms with van der Waals surface area (Å²) >= 11 is 1.58. The van der Waals surface area contributed by atoms with Crippen molar-refractivity contribution in [3.63, 3.8) is 0 Å². The number of ether oxygens (including phenoxy) is 1. The van der Waals surface area contributed by atoms with Gasteiger partial charge in [0.25, 0.3) is 0 Å². The Morgan fingerprint density at radius 3 is 2.80 bits per heavy atom. The van der Waals surface area contributed by atoms with E-state index in [0.29, 0.717) is 17.9 Å². The van der Waals surface area contributed by atoms with Crippen LogP contribution in [-0.4, -0.2) is 41.2 Å². The Balaban J connectivity index is 2.33. The summed E-state index contributed by atoms with van der Waals surface area (Å²) in [5.41, 5.74) is 6.92. The van der Waals surface area contributed by atoms with Gasteiger partial charge < -0.3 is 9.72 Å². The van der Waals surface area contributed by atoms with Crippen LogP contribution < -0.4 is 5.43 Å². The van der Waals surface area contributed by atoms with Crippen LogP contribution in [0.1, 0.15) is 34.2 Å². The maximum atomic E-state index is 12.0. The fraction of sp³-hybridized carbons (Fsp3) is 0.462. The van der Waals surface area contributed by atoms with Crippen molar-refractivity contribution in [1.29, 1.82) is 0 Å². The van der Waals surface area contributed by atoms with Crippen molar-refractivity contribution in [3.8, 4) is 0 Å². The number of rotatable bonds is 3. The minimum atomic E-state index is -0.294. The predicted molar refractivity (Wildman–Crippen MR) is 81.7 cm³/mol. The number of carbonyl (C=O) groups excluding carboxylic acids is 1. The summed E-state index contributed by atoms with van der Waals surface area (Å²) in [7, 11) is 1.72. The Kier molecular flexibility index (Phi) is 4.49. The van der Waals surface area contributed by atoms with E-state index in [1.807, 2.05) is 13.8 Å². The Morgan fingerprint density at radius 1 is 1.50 bits per heavy atom. The lowest BCUT2D eigenvalue weighted by Crippen LogP contribution is -2.25. The number of esters is 1. The molecule has 0 fully saturated rings. The molecular formula is C13H18N4O2S. The van der Waals surface area contributed by atoms with E-state index in [9.17, 15) is 4.79 Å². The van der Waals surface area contributed by atoms with Crippen LogP contribution >= 0.6 is 11.8 Å². The third-order valence-electron chi connectivity index (χ3n) is 3.04. The highest BCUT2D eigenvalue weighted by Gasteiger charge is 2.23. The second-order valence-electron chi connectivity index (χ2n) is 4.33. The molecule has 0 spiro atoms. The van der Waals surface area contributed by atoms with Gasteiger partial charge >= 0.3 is 5.97 Å². The molecule has 1 aromatic rings. The second kappa shape index (κ2) is 6.13. The lowest BCUT2D eigenvalue weighted by Gasteiger charge is -2.14. The molecule has 0 radical (unpaired) electrons. The van der Waals surface area contributed by atoms with Gasteiger partial charge in [-0.15, -0.1) is 0 Å². The molecule has 0 amide bonds. The number of amidine groups is 1. The topological polar surface area (TPSA) is 78.8 Å². The monoisotopic (exact) mass is 294 g/mol. The van der Waals surface area contributed by atoms with E-state index < -0.39 is 0 Å². The summed E-state index contributed by atoms with van der Waals surface area (Å²) in [6.07, 6.45) is 0. The van der Waals surface area contributed by atoms with Gasteiger partial charge in [-0.3, -0.25) is 10.4 Å². The predicted octanol–water partition coefficient (Wildman–Crippen LogP) is 1.83. The first-order valence-electron chi connectivity index (χ1n) is 6.37. The van der Waals surface area contributed by atoms with Crippen LogP contribution in [0.15, 0.2) is 10.1 Å². The largest absolute Gasteiger partial charge is 0.462 e. The molecule has 0 atom stereocenters. The zero-order valence-electron chi connectivity index (χ0n) is 12.0. The molecule has 0 aliphatic carbocycles. The minimum absolute atomic E-state index is 0.294. The quantitative estimate of drug-likeness (QED) is 0.834. The van der Waals surface area contributed by atoms with Crippen LogP contribution in [0, 0.1) is 13.8 Å². The van der Waals surface area contributed by atoms with Crippen LogP contribution in [-0.2, 0) is 4.74 Å². The van der Waals surface area contributed by atoms with Gasteiger partial charge in [0.2, 0.25) is 0 Å². The van der Waals surface area contributed by atoms with E-state index >= 15 is 0 Å². The molecule has 7 heteroatoms. The summed E-state index contributed by atoms with van der Waals surface area (Å²) in [6.45, 7) is 5.94. The third kappa shape index (κ3) is 2.72. The van der Waals surface area contributed by atoms with Crippen LogP contribution in [0.5, 0.6) is 0 Å². The fourth-order valence-electron chi connectivity index (χ4n) is 2.11. The molecule has 1 aliphatic rings. The number of H-pyrrole nitrogens is 1. The molecule has 6 nitrogen and oxygen atoms in total. The van der Waals surface area contributed by atoms with Crippen molar-refractivity contribution in [2.24, 2.45) is 10.1 Å². The lowest BCUT2D eigenvalue weighted by molar-refractivity contribution is 0.0525. The van der Waals surface area contributed by atoms with E-state index in [1.165, 1.54) is 0 Å². The maximum Gasteiger partial charge on any atom is 0.340 e. The number of aromatic amines is 1. The third-order valence-corrected chi connectivity index (χ3v) is 4.01. The Morgan fingerprint density at radius 2 is 2.25 bits per heavy atom. The molecule has 0 saturated carbocycles. The van der Waals surface area contributed by atoms with Crippen molar-refractivity contribution in [2.45, 2.75) is 20.8 Å². The molecule has 1 aromatic heterocycles. The average molecular weight is 294 g/mol. The Labute approximate surface area is 122 Å². The normalized spacial score (nSPS) is 16.8. The van der Waals surface area contributed by atoms with E-state index in [1.54, 1.807) is 25.7 Å². The smallest absolute Gasteiger partial charge is 0.340 e. The van der Waals surface area contributed by atoms with Gasteiger partial charge in [0, 0.05) is 18.5 Å². The molecule has 2 heterocycles. The van der Waals surface area contributed by atoms with E-state index in [4.69, 9.17) is 4.74 Å². The van der Waals surface area contributed by atoms with Gasteiger partial charge in [-0.25, -0.2) is 4.79 Å². The Hall–Kier alpha value is -1.76. The van der Waals surface area contributed by atoms with E-state index in [0.717, 1.165) is 27.8 Å². The zero-order chi connectivity index (χ0) is 14.7. The number of thioether (sulfide) groups is 1. The van der Waals surface area contributed by atoms with Crippen LogP contribution in [0.25, 0.3) is 0 Å². The highest BCUT2D eigenvalue weighted by Crippen LogP contribution is 2.22. The lowest BCUT2D eigenvalue weighted by atomic mass is 10.1. The molecule has 2 N–H and O–H groups in total. The van der Waals surface area contributed by atoms with Crippen molar-refractivity contribution < 1.29 is 9.53 Å². The van der Waals surface area contributed by atoms with Gasteiger partial charge in [-0.2, -0.15) is 5.10 Å². The molecule has 0 saturated heterocycles. The number of hydrogen-bond acceptors (Lipinski definition) is 5. The molecule has 2 rings (SSSR count). The van der Waals surface area contributed by atoms with Crippen molar-refractivity contribution >= 4 is 28.6 Å². The maximum absolute atomic E-state index is 12.0. The van der Waals surface area contributed by atoms with Gasteiger partial charge in [-0.05, 0) is 26.3 Å². The molecule has 0 unspecified atom stereocenters. The highest BCUT2D eigenvalue weighted by atomic mass is 32.2. The minimum Gasteiger partial charge on any atom is -0.462 e. The molecule has 108 valence electrons. The zero-order valence-corrected chi connectivity index (χ0v) is 12.8.